The van der Waals surface area contributed by atoms with Crippen molar-refractivity contribution in [2.75, 3.05) is 44.4 Å². The van der Waals surface area contributed by atoms with Crippen LogP contribution in [0.2, 0.25) is 0 Å². The van der Waals surface area contributed by atoms with Gasteiger partial charge in [-0.2, -0.15) is 4.98 Å². The highest BCUT2D eigenvalue weighted by Crippen LogP contribution is 2.26. The van der Waals surface area contributed by atoms with Crippen molar-refractivity contribution in [3.8, 4) is 5.75 Å². The second kappa shape index (κ2) is 9.73. The molecule has 6 nitrogen and oxygen atoms in total. The fourth-order valence-electron chi connectivity index (χ4n) is 3.81. The first-order chi connectivity index (χ1) is 13.6. The van der Waals surface area contributed by atoms with Gasteiger partial charge in [-0.3, -0.25) is 0 Å². The van der Waals surface area contributed by atoms with Crippen molar-refractivity contribution in [3.63, 3.8) is 0 Å². The minimum absolute atomic E-state index is 0.601. The summed E-state index contributed by atoms with van der Waals surface area (Å²) in [7, 11) is 3.60. The lowest BCUT2D eigenvalue weighted by Crippen LogP contribution is -2.21. The highest BCUT2D eigenvalue weighted by atomic mass is 16.5. The third-order valence-electron chi connectivity index (χ3n) is 5.33. The molecule has 2 heterocycles. The summed E-state index contributed by atoms with van der Waals surface area (Å²) in [6.07, 6.45) is 4.74. The Hall–Kier alpha value is -2.34. The highest BCUT2D eigenvalue weighted by Gasteiger charge is 2.17. The smallest absolute Gasteiger partial charge is 0.229 e. The van der Waals surface area contributed by atoms with Gasteiger partial charge in [0, 0.05) is 31.0 Å². The Morgan fingerprint density at radius 3 is 2.79 bits per heavy atom. The Bertz CT molecular complexity index is 780. The van der Waals surface area contributed by atoms with E-state index in [0.29, 0.717) is 5.95 Å². The molecule has 1 atom stereocenters. The summed E-state index contributed by atoms with van der Waals surface area (Å²) in [6.45, 7) is 8.03. The largest absolute Gasteiger partial charge is 0.496 e. The number of hydrogen-bond donors (Lipinski definition) is 2. The molecule has 0 aliphatic carbocycles. The zero-order valence-electron chi connectivity index (χ0n) is 17.6. The first kappa shape index (κ1) is 20.4. The van der Waals surface area contributed by atoms with Crippen LogP contribution in [0.15, 0.2) is 24.3 Å². The first-order valence-corrected chi connectivity index (χ1v) is 10.3. The average molecular weight is 384 g/mol. The number of unbranched alkanes of at least 4 members (excludes halogenated alkanes) is 1. The molecule has 0 spiro atoms. The van der Waals surface area contributed by atoms with E-state index in [1.165, 1.54) is 38.0 Å². The van der Waals surface area contributed by atoms with Gasteiger partial charge in [0.2, 0.25) is 5.95 Å². The predicted molar refractivity (Wildman–Crippen MR) is 116 cm³/mol. The Morgan fingerprint density at radius 1 is 1.21 bits per heavy atom. The zero-order chi connectivity index (χ0) is 19.9. The molecule has 2 N–H and O–H groups in total. The van der Waals surface area contributed by atoms with Crippen molar-refractivity contribution >= 4 is 17.5 Å². The second-order valence-corrected chi connectivity index (χ2v) is 7.77. The van der Waals surface area contributed by atoms with Crippen LogP contribution in [0.5, 0.6) is 5.75 Å². The number of ether oxygens (including phenoxy) is 1. The number of aryl methyl sites for hydroxylation is 2. The molecule has 28 heavy (non-hydrogen) atoms. The summed E-state index contributed by atoms with van der Waals surface area (Å²) in [5, 5.41) is 6.39. The van der Waals surface area contributed by atoms with Crippen molar-refractivity contribution in [1.82, 2.24) is 14.9 Å². The first-order valence-electron chi connectivity index (χ1n) is 10.3. The SMILES string of the molecule is CNc1cc(C)nc(Nc2ccc(OC)c(CCCCN3CC[C@H](C)C3)c2)n1. The Morgan fingerprint density at radius 2 is 2.07 bits per heavy atom. The van der Waals surface area contributed by atoms with Gasteiger partial charge in [0.05, 0.1) is 7.11 Å². The Kier molecular flexibility index (Phi) is 7.09. The number of benzene rings is 1. The monoisotopic (exact) mass is 383 g/mol. The van der Waals surface area contributed by atoms with Gasteiger partial charge >= 0.3 is 0 Å². The third kappa shape index (κ3) is 5.58. The lowest BCUT2D eigenvalue weighted by Gasteiger charge is -2.16. The molecule has 1 aromatic heterocycles. The molecular weight excluding hydrogens is 350 g/mol. The lowest BCUT2D eigenvalue weighted by atomic mass is 10.1. The maximum Gasteiger partial charge on any atom is 0.229 e. The number of rotatable bonds is 9. The number of hydrogen-bond acceptors (Lipinski definition) is 6. The molecule has 1 fully saturated rings. The van der Waals surface area contributed by atoms with Crippen molar-refractivity contribution in [2.45, 2.75) is 39.5 Å². The maximum absolute atomic E-state index is 5.57. The van der Waals surface area contributed by atoms with Crippen LogP contribution in [-0.2, 0) is 6.42 Å². The minimum atomic E-state index is 0.601. The van der Waals surface area contributed by atoms with Gasteiger partial charge in [0.15, 0.2) is 0 Å². The number of nitrogens with one attached hydrogen (secondary N) is 2. The van der Waals surface area contributed by atoms with E-state index in [2.05, 4.69) is 38.5 Å². The van der Waals surface area contributed by atoms with Crippen molar-refractivity contribution in [2.24, 2.45) is 5.92 Å². The maximum atomic E-state index is 5.57. The quantitative estimate of drug-likeness (QED) is 0.632. The van der Waals surface area contributed by atoms with Crippen molar-refractivity contribution in [3.05, 3.63) is 35.5 Å². The molecule has 1 aliphatic rings. The lowest BCUT2D eigenvalue weighted by molar-refractivity contribution is 0.319. The van der Waals surface area contributed by atoms with Crippen LogP contribution in [0.3, 0.4) is 0 Å². The normalized spacial score (nSPS) is 16.9. The molecule has 1 aliphatic heterocycles. The van der Waals surface area contributed by atoms with Crippen LogP contribution in [0, 0.1) is 12.8 Å². The molecule has 1 aromatic carbocycles. The molecule has 0 bridgehead atoms. The van der Waals surface area contributed by atoms with E-state index in [9.17, 15) is 0 Å². The van der Waals surface area contributed by atoms with Crippen molar-refractivity contribution in [1.29, 1.82) is 0 Å². The summed E-state index contributed by atoms with van der Waals surface area (Å²) >= 11 is 0. The summed E-state index contributed by atoms with van der Waals surface area (Å²) in [5.41, 5.74) is 3.13. The van der Waals surface area contributed by atoms with Gasteiger partial charge in [-0.25, -0.2) is 4.98 Å². The number of methoxy groups -OCH3 is 1. The molecule has 0 amide bonds. The number of anilines is 3. The standard InChI is InChI=1S/C22H33N5O/c1-16-10-12-27(15-16)11-6-5-7-18-14-19(8-9-20(18)28-4)25-22-24-17(2)13-21(23-3)26-22/h8-9,13-14,16H,5-7,10-12,15H2,1-4H3,(H2,23,24,25,26)/t16-/m0/s1. The van der Waals surface area contributed by atoms with Crippen LogP contribution in [0.1, 0.15) is 37.4 Å². The van der Waals surface area contributed by atoms with Crippen LogP contribution in [-0.4, -0.2) is 48.7 Å². The van der Waals surface area contributed by atoms with E-state index in [1.807, 2.05) is 32.2 Å². The van der Waals surface area contributed by atoms with E-state index >= 15 is 0 Å². The zero-order valence-corrected chi connectivity index (χ0v) is 17.6. The average Bonchev–Trinajstić information content (AvgIpc) is 3.10. The van der Waals surface area contributed by atoms with Gasteiger partial charge in [-0.1, -0.05) is 6.92 Å². The molecule has 0 unspecified atom stereocenters. The Labute approximate surface area is 168 Å². The highest BCUT2D eigenvalue weighted by molar-refractivity contribution is 5.58. The van der Waals surface area contributed by atoms with E-state index in [0.717, 1.165) is 41.7 Å². The second-order valence-electron chi connectivity index (χ2n) is 7.77. The number of aromatic nitrogens is 2. The van der Waals surface area contributed by atoms with Crippen LogP contribution in [0.4, 0.5) is 17.5 Å². The van der Waals surface area contributed by atoms with Gasteiger partial charge in [0.1, 0.15) is 11.6 Å². The molecular formula is C22H33N5O. The molecule has 0 saturated carbocycles. The van der Waals surface area contributed by atoms with Gasteiger partial charge in [0.25, 0.3) is 0 Å². The topological polar surface area (TPSA) is 62.3 Å². The molecule has 3 rings (SSSR count). The third-order valence-corrected chi connectivity index (χ3v) is 5.33. The molecule has 2 aromatic rings. The van der Waals surface area contributed by atoms with Crippen LogP contribution >= 0.6 is 0 Å². The summed E-state index contributed by atoms with van der Waals surface area (Å²) in [4.78, 5) is 11.5. The summed E-state index contributed by atoms with van der Waals surface area (Å²) < 4.78 is 5.57. The van der Waals surface area contributed by atoms with Crippen LogP contribution < -0.4 is 15.4 Å². The van der Waals surface area contributed by atoms with Crippen LogP contribution in [0.25, 0.3) is 0 Å². The number of likely N-dealkylation sites (tertiary alicyclic amines) is 1. The van der Waals surface area contributed by atoms with E-state index in [-0.39, 0.29) is 0 Å². The number of nitrogens with zero attached hydrogens (tertiary/aromatic N) is 3. The van der Waals surface area contributed by atoms with Gasteiger partial charge in [-0.05, 0) is 75.4 Å². The molecule has 152 valence electrons. The van der Waals surface area contributed by atoms with Gasteiger partial charge in [-0.15, -0.1) is 0 Å². The van der Waals surface area contributed by atoms with E-state index in [1.54, 1.807) is 7.11 Å². The Balaban J connectivity index is 1.60. The van der Waals surface area contributed by atoms with Gasteiger partial charge < -0.3 is 20.3 Å². The predicted octanol–water partition coefficient (Wildman–Crippen LogP) is 4.24. The molecule has 1 saturated heterocycles. The van der Waals surface area contributed by atoms with E-state index in [4.69, 9.17) is 4.74 Å². The van der Waals surface area contributed by atoms with Crippen molar-refractivity contribution < 1.29 is 4.74 Å². The van der Waals surface area contributed by atoms with E-state index < -0.39 is 0 Å². The molecule has 6 heteroatoms. The fourth-order valence-corrected chi connectivity index (χ4v) is 3.81. The minimum Gasteiger partial charge on any atom is -0.496 e. The molecule has 0 radical (unpaired) electrons. The summed E-state index contributed by atoms with van der Waals surface area (Å²) in [6, 6.07) is 8.11. The summed E-state index contributed by atoms with van der Waals surface area (Å²) in [5.74, 6) is 3.21. The fraction of sp³-hybridized carbons (Fsp3) is 0.545.